The maximum atomic E-state index is 6.37. The van der Waals surface area contributed by atoms with Gasteiger partial charge in [0.2, 0.25) is 0 Å². The summed E-state index contributed by atoms with van der Waals surface area (Å²) in [4.78, 5) is 0. The number of rotatable bonds is 3. The molecular formula is C13H19NO. The Labute approximate surface area is 91.4 Å². The molecule has 0 aromatic heterocycles. The van der Waals surface area contributed by atoms with Crippen LogP contribution in [0.2, 0.25) is 0 Å². The first-order valence-electron chi connectivity index (χ1n) is 5.62. The molecule has 0 bridgehead atoms. The first-order valence-corrected chi connectivity index (χ1v) is 5.62. The SMILES string of the molecule is COCc1ccc(C2(N)CCCC2)cc1. The zero-order valence-electron chi connectivity index (χ0n) is 9.33. The average Bonchev–Trinajstić information content (AvgIpc) is 2.68. The van der Waals surface area contributed by atoms with Crippen molar-refractivity contribution in [3.8, 4) is 0 Å². The van der Waals surface area contributed by atoms with Crippen LogP contribution in [0.3, 0.4) is 0 Å². The van der Waals surface area contributed by atoms with Crippen LogP contribution in [0.15, 0.2) is 24.3 Å². The van der Waals surface area contributed by atoms with E-state index >= 15 is 0 Å². The average molecular weight is 205 g/mol. The first kappa shape index (κ1) is 10.7. The summed E-state index contributed by atoms with van der Waals surface area (Å²) in [5, 5.41) is 0. The number of methoxy groups -OCH3 is 1. The van der Waals surface area contributed by atoms with Crippen LogP contribution in [-0.4, -0.2) is 7.11 Å². The van der Waals surface area contributed by atoms with Crippen LogP contribution >= 0.6 is 0 Å². The molecule has 2 nitrogen and oxygen atoms in total. The van der Waals surface area contributed by atoms with Gasteiger partial charge in [-0.2, -0.15) is 0 Å². The Hall–Kier alpha value is -0.860. The Balaban J connectivity index is 2.15. The van der Waals surface area contributed by atoms with E-state index in [4.69, 9.17) is 10.5 Å². The van der Waals surface area contributed by atoms with E-state index in [1.165, 1.54) is 24.0 Å². The van der Waals surface area contributed by atoms with Gasteiger partial charge in [-0.05, 0) is 24.0 Å². The van der Waals surface area contributed by atoms with Crippen LogP contribution in [0, 0.1) is 0 Å². The summed E-state index contributed by atoms with van der Waals surface area (Å²) < 4.78 is 5.09. The molecule has 1 saturated carbocycles. The predicted octanol–water partition coefficient (Wildman–Crippen LogP) is 2.56. The Morgan fingerprint density at radius 1 is 1.20 bits per heavy atom. The second-order valence-electron chi connectivity index (χ2n) is 4.49. The van der Waals surface area contributed by atoms with Gasteiger partial charge < -0.3 is 10.5 Å². The lowest BCUT2D eigenvalue weighted by Gasteiger charge is -2.24. The smallest absolute Gasteiger partial charge is 0.0713 e. The molecule has 1 aromatic rings. The third-order valence-electron chi connectivity index (χ3n) is 3.34. The lowest BCUT2D eigenvalue weighted by molar-refractivity contribution is 0.185. The second kappa shape index (κ2) is 4.33. The van der Waals surface area contributed by atoms with E-state index in [0.717, 1.165) is 12.8 Å². The van der Waals surface area contributed by atoms with Crippen molar-refractivity contribution in [2.75, 3.05) is 7.11 Å². The van der Waals surface area contributed by atoms with Gasteiger partial charge in [-0.1, -0.05) is 37.1 Å². The molecule has 15 heavy (non-hydrogen) atoms. The second-order valence-corrected chi connectivity index (χ2v) is 4.49. The summed E-state index contributed by atoms with van der Waals surface area (Å²) in [6.07, 6.45) is 4.76. The van der Waals surface area contributed by atoms with Gasteiger partial charge in [-0.25, -0.2) is 0 Å². The molecule has 2 N–H and O–H groups in total. The topological polar surface area (TPSA) is 35.2 Å². The normalized spacial score (nSPS) is 19.3. The lowest BCUT2D eigenvalue weighted by Crippen LogP contribution is -2.32. The molecule has 0 aliphatic heterocycles. The van der Waals surface area contributed by atoms with E-state index < -0.39 is 0 Å². The van der Waals surface area contributed by atoms with E-state index in [9.17, 15) is 0 Å². The van der Waals surface area contributed by atoms with Gasteiger partial charge in [0, 0.05) is 12.6 Å². The zero-order chi connectivity index (χ0) is 10.7. The van der Waals surface area contributed by atoms with Crippen molar-refractivity contribution in [3.05, 3.63) is 35.4 Å². The number of benzene rings is 1. The van der Waals surface area contributed by atoms with Crippen LogP contribution in [0.4, 0.5) is 0 Å². The van der Waals surface area contributed by atoms with Crippen molar-refractivity contribution in [2.45, 2.75) is 37.8 Å². The van der Waals surface area contributed by atoms with Crippen molar-refractivity contribution in [2.24, 2.45) is 5.73 Å². The van der Waals surface area contributed by atoms with Gasteiger partial charge in [-0.3, -0.25) is 0 Å². The highest BCUT2D eigenvalue weighted by Crippen LogP contribution is 2.36. The van der Waals surface area contributed by atoms with Crippen LogP contribution in [-0.2, 0) is 16.9 Å². The third kappa shape index (κ3) is 2.21. The molecule has 1 fully saturated rings. The monoisotopic (exact) mass is 205 g/mol. The summed E-state index contributed by atoms with van der Waals surface area (Å²) in [7, 11) is 1.72. The molecule has 0 saturated heterocycles. The molecule has 0 unspecified atom stereocenters. The molecule has 0 heterocycles. The Bertz CT molecular complexity index is 312. The zero-order valence-corrected chi connectivity index (χ0v) is 9.33. The van der Waals surface area contributed by atoms with Crippen LogP contribution in [0.25, 0.3) is 0 Å². The molecule has 1 aromatic carbocycles. The van der Waals surface area contributed by atoms with Crippen LogP contribution < -0.4 is 5.73 Å². The van der Waals surface area contributed by atoms with Gasteiger partial charge in [0.05, 0.1) is 6.61 Å². The lowest BCUT2D eigenvalue weighted by atomic mass is 9.89. The van der Waals surface area contributed by atoms with Gasteiger partial charge >= 0.3 is 0 Å². The fourth-order valence-electron chi connectivity index (χ4n) is 2.39. The molecule has 2 heteroatoms. The Morgan fingerprint density at radius 3 is 2.33 bits per heavy atom. The van der Waals surface area contributed by atoms with Gasteiger partial charge in [0.1, 0.15) is 0 Å². The maximum absolute atomic E-state index is 6.37. The van der Waals surface area contributed by atoms with E-state index in [-0.39, 0.29) is 5.54 Å². The molecule has 2 rings (SSSR count). The first-order chi connectivity index (χ1) is 7.24. The standard InChI is InChI=1S/C13H19NO/c1-15-10-11-4-6-12(7-5-11)13(14)8-2-3-9-13/h4-7H,2-3,8-10,14H2,1H3. The predicted molar refractivity (Wildman–Crippen MR) is 61.5 cm³/mol. The molecular weight excluding hydrogens is 186 g/mol. The molecule has 82 valence electrons. The minimum Gasteiger partial charge on any atom is -0.380 e. The quantitative estimate of drug-likeness (QED) is 0.823. The van der Waals surface area contributed by atoms with Crippen molar-refractivity contribution in [1.82, 2.24) is 0 Å². The van der Waals surface area contributed by atoms with Gasteiger partial charge in [0.25, 0.3) is 0 Å². The van der Waals surface area contributed by atoms with Crippen LogP contribution in [0.1, 0.15) is 36.8 Å². The molecule has 0 atom stereocenters. The van der Waals surface area contributed by atoms with Crippen molar-refractivity contribution in [3.63, 3.8) is 0 Å². The van der Waals surface area contributed by atoms with E-state index in [0.29, 0.717) is 6.61 Å². The Morgan fingerprint density at radius 2 is 1.80 bits per heavy atom. The summed E-state index contributed by atoms with van der Waals surface area (Å²) in [5.74, 6) is 0. The van der Waals surface area contributed by atoms with E-state index in [1.54, 1.807) is 7.11 Å². The van der Waals surface area contributed by atoms with Crippen molar-refractivity contribution in [1.29, 1.82) is 0 Å². The fraction of sp³-hybridized carbons (Fsp3) is 0.538. The summed E-state index contributed by atoms with van der Waals surface area (Å²) in [5.41, 5.74) is 8.80. The van der Waals surface area contributed by atoms with E-state index in [1.807, 2.05) is 0 Å². The molecule has 1 aliphatic rings. The summed E-state index contributed by atoms with van der Waals surface area (Å²) >= 11 is 0. The number of nitrogens with two attached hydrogens (primary N) is 1. The third-order valence-corrected chi connectivity index (χ3v) is 3.34. The summed E-state index contributed by atoms with van der Waals surface area (Å²) in [6, 6.07) is 8.54. The largest absolute Gasteiger partial charge is 0.380 e. The number of ether oxygens (including phenoxy) is 1. The molecule has 1 aliphatic carbocycles. The highest BCUT2D eigenvalue weighted by Gasteiger charge is 2.30. The Kier molecular flexibility index (Phi) is 3.08. The maximum Gasteiger partial charge on any atom is 0.0713 e. The molecule has 0 spiro atoms. The van der Waals surface area contributed by atoms with Gasteiger partial charge in [0.15, 0.2) is 0 Å². The minimum atomic E-state index is -0.0639. The number of hydrogen-bond acceptors (Lipinski definition) is 2. The molecule has 0 amide bonds. The van der Waals surface area contributed by atoms with Crippen molar-refractivity contribution >= 4 is 0 Å². The summed E-state index contributed by atoms with van der Waals surface area (Å²) in [6.45, 7) is 0.678. The van der Waals surface area contributed by atoms with Crippen molar-refractivity contribution < 1.29 is 4.74 Å². The van der Waals surface area contributed by atoms with Crippen LogP contribution in [0.5, 0.6) is 0 Å². The fourth-order valence-corrected chi connectivity index (χ4v) is 2.39. The minimum absolute atomic E-state index is 0.0639. The highest BCUT2D eigenvalue weighted by molar-refractivity contribution is 5.28. The molecule has 0 radical (unpaired) electrons. The number of hydrogen-bond donors (Lipinski definition) is 1. The highest BCUT2D eigenvalue weighted by atomic mass is 16.5. The van der Waals surface area contributed by atoms with E-state index in [2.05, 4.69) is 24.3 Å². The van der Waals surface area contributed by atoms with Gasteiger partial charge in [-0.15, -0.1) is 0 Å².